The number of carbonyl (C=O) groups excluding carboxylic acids is 1. The Morgan fingerprint density at radius 1 is 1.45 bits per heavy atom. The lowest BCUT2D eigenvalue weighted by Crippen LogP contribution is -2.18. The van der Waals surface area contributed by atoms with Crippen molar-refractivity contribution >= 4 is 27.6 Å². The molecule has 1 aromatic rings. The molecular weight excluding hydrogens is 316 g/mol. The molecule has 0 aliphatic heterocycles. The van der Waals surface area contributed by atoms with Crippen LogP contribution >= 0.6 is 11.6 Å². The molecule has 0 bridgehead atoms. The Balaban J connectivity index is 2.43. The highest BCUT2D eigenvalue weighted by Gasteiger charge is 2.29. The predicted octanol–water partition coefficient (Wildman–Crippen LogP) is 1.83. The van der Waals surface area contributed by atoms with Gasteiger partial charge in [0, 0.05) is 0 Å². The minimum absolute atomic E-state index is 0.124. The molecule has 0 saturated heterocycles. The van der Waals surface area contributed by atoms with Crippen LogP contribution in [0.5, 0.6) is 0 Å². The Morgan fingerprint density at radius 2 is 2.05 bits per heavy atom. The van der Waals surface area contributed by atoms with E-state index in [1.807, 2.05) is 0 Å². The van der Waals surface area contributed by atoms with Crippen molar-refractivity contribution in [2.75, 3.05) is 6.61 Å². The number of esters is 1. The quantitative estimate of drug-likeness (QED) is 0.676. The molecule has 0 atom stereocenters. The van der Waals surface area contributed by atoms with Gasteiger partial charge >= 0.3 is 5.97 Å². The maximum absolute atomic E-state index is 13.5. The van der Waals surface area contributed by atoms with Gasteiger partial charge in [-0.1, -0.05) is 11.6 Å². The van der Waals surface area contributed by atoms with Crippen LogP contribution in [0.3, 0.4) is 0 Å². The maximum Gasteiger partial charge on any atom is 0.339 e. The van der Waals surface area contributed by atoms with Gasteiger partial charge in [0.05, 0.1) is 17.2 Å². The average molecular weight is 326 g/mol. The highest BCUT2D eigenvalue weighted by atomic mass is 35.5. The summed E-state index contributed by atoms with van der Waals surface area (Å²) in [7, 11) is -4.62. The smallest absolute Gasteiger partial charge is 0.339 e. The maximum atomic E-state index is 13.5. The summed E-state index contributed by atoms with van der Waals surface area (Å²) in [6.45, 7) is 0.124. The van der Waals surface area contributed by atoms with Crippen molar-refractivity contribution in [2.24, 2.45) is 11.1 Å². The average Bonchev–Trinajstić information content (AvgIpc) is 3.13. The van der Waals surface area contributed by atoms with E-state index in [9.17, 15) is 22.0 Å². The van der Waals surface area contributed by atoms with E-state index in [4.69, 9.17) is 21.5 Å². The van der Waals surface area contributed by atoms with Gasteiger partial charge in [0.25, 0.3) is 0 Å². The molecule has 1 aliphatic carbocycles. The lowest BCUT2D eigenvalue weighted by molar-refractivity contribution is 0.0485. The second kappa shape index (κ2) is 5.27. The van der Waals surface area contributed by atoms with Crippen LogP contribution in [0.1, 0.15) is 23.2 Å². The number of primary sulfonamides is 1. The van der Waals surface area contributed by atoms with Gasteiger partial charge in [0.15, 0.2) is 11.6 Å². The van der Waals surface area contributed by atoms with E-state index in [2.05, 4.69) is 0 Å². The standard InChI is InChI=1S/C11H10ClF2NO4S/c12-8-6(11(16)19-4-5-1-2-5)3-7(13)9(14)10(8)20(15,17)18/h3,5H,1-2,4H2,(H2,15,17,18). The van der Waals surface area contributed by atoms with Gasteiger partial charge in [0.2, 0.25) is 10.0 Å². The van der Waals surface area contributed by atoms with Gasteiger partial charge in [0.1, 0.15) is 4.90 Å². The predicted molar refractivity (Wildman–Crippen MR) is 65.7 cm³/mol. The van der Waals surface area contributed by atoms with Gasteiger partial charge < -0.3 is 4.74 Å². The van der Waals surface area contributed by atoms with E-state index in [0.717, 1.165) is 12.8 Å². The second-order valence-electron chi connectivity index (χ2n) is 4.45. The number of carbonyl (C=O) groups is 1. The third-order valence-electron chi connectivity index (χ3n) is 2.77. The molecule has 0 spiro atoms. The summed E-state index contributed by atoms with van der Waals surface area (Å²) in [6.07, 6.45) is 1.84. The van der Waals surface area contributed by atoms with Gasteiger partial charge in [-0.05, 0) is 24.8 Å². The molecule has 1 aromatic carbocycles. The van der Waals surface area contributed by atoms with Gasteiger partial charge in [-0.15, -0.1) is 0 Å². The molecule has 110 valence electrons. The zero-order valence-corrected chi connectivity index (χ0v) is 11.6. The molecule has 5 nitrogen and oxygen atoms in total. The SMILES string of the molecule is NS(=O)(=O)c1c(F)c(F)cc(C(=O)OCC2CC2)c1Cl. The van der Waals surface area contributed by atoms with E-state index in [1.54, 1.807) is 0 Å². The lowest BCUT2D eigenvalue weighted by atomic mass is 10.2. The van der Waals surface area contributed by atoms with Crippen LogP contribution in [-0.2, 0) is 14.8 Å². The number of ether oxygens (including phenoxy) is 1. The first-order chi connectivity index (χ1) is 9.21. The normalized spacial score (nSPS) is 15.2. The van der Waals surface area contributed by atoms with Crippen molar-refractivity contribution < 1.29 is 26.7 Å². The molecule has 0 radical (unpaired) electrons. The zero-order valence-electron chi connectivity index (χ0n) is 10.0. The minimum atomic E-state index is -4.62. The molecule has 0 amide bonds. The molecule has 0 aromatic heterocycles. The molecule has 0 unspecified atom stereocenters. The van der Waals surface area contributed by atoms with E-state index >= 15 is 0 Å². The number of rotatable bonds is 4. The molecule has 9 heteroatoms. The Kier molecular flexibility index (Phi) is 3.99. The summed E-state index contributed by atoms with van der Waals surface area (Å²) >= 11 is 5.63. The Morgan fingerprint density at radius 3 is 2.55 bits per heavy atom. The Labute approximate surface area is 118 Å². The topological polar surface area (TPSA) is 86.5 Å². The summed E-state index contributed by atoms with van der Waals surface area (Å²) in [5, 5.41) is 3.97. The van der Waals surface area contributed by atoms with Crippen molar-refractivity contribution in [3.05, 3.63) is 28.3 Å². The third kappa shape index (κ3) is 3.08. The number of halogens is 3. The molecule has 1 saturated carbocycles. The minimum Gasteiger partial charge on any atom is -0.462 e. The van der Waals surface area contributed by atoms with Gasteiger partial charge in [-0.2, -0.15) is 0 Å². The fourth-order valence-electron chi connectivity index (χ4n) is 1.53. The van der Waals surface area contributed by atoms with Crippen LogP contribution < -0.4 is 5.14 Å². The fourth-order valence-corrected chi connectivity index (χ4v) is 2.78. The Hall–Kier alpha value is -1.25. The van der Waals surface area contributed by atoms with Crippen LogP contribution in [0, 0.1) is 17.6 Å². The summed E-state index contributed by atoms with van der Waals surface area (Å²) in [6, 6.07) is 0.488. The molecule has 20 heavy (non-hydrogen) atoms. The molecule has 1 aliphatic rings. The summed E-state index contributed by atoms with van der Waals surface area (Å²) in [5.41, 5.74) is -0.574. The van der Waals surface area contributed by atoms with Crippen LogP contribution in [0.25, 0.3) is 0 Å². The van der Waals surface area contributed by atoms with E-state index in [0.29, 0.717) is 6.07 Å². The molecule has 2 rings (SSSR count). The van der Waals surface area contributed by atoms with E-state index in [1.165, 1.54) is 0 Å². The third-order valence-corrected chi connectivity index (χ3v) is 4.22. The summed E-state index contributed by atoms with van der Waals surface area (Å²) < 4.78 is 54.1. The van der Waals surface area contributed by atoms with E-state index < -0.39 is 43.1 Å². The molecule has 1 fully saturated rings. The van der Waals surface area contributed by atoms with Crippen molar-refractivity contribution in [3.8, 4) is 0 Å². The summed E-state index contributed by atoms with van der Waals surface area (Å²) in [4.78, 5) is 10.5. The van der Waals surface area contributed by atoms with Crippen LogP contribution in [-0.4, -0.2) is 21.0 Å². The van der Waals surface area contributed by atoms with Gasteiger partial charge in [-0.3, -0.25) is 0 Å². The first-order valence-corrected chi connectivity index (χ1v) is 7.51. The number of sulfonamides is 1. The van der Waals surface area contributed by atoms with Gasteiger partial charge in [-0.25, -0.2) is 27.1 Å². The first kappa shape index (κ1) is 15.1. The van der Waals surface area contributed by atoms with Crippen molar-refractivity contribution in [1.29, 1.82) is 0 Å². The monoisotopic (exact) mass is 325 g/mol. The van der Waals surface area contributed by atoms with Crippen LogP contribution in [0.15, 0.2) is 11.0 Å². The Bertz CT molecular complexity index is 673. The molecular formula is C11H10ClF2NO4S. The molecule has 2 N–H and O–H groups in total. The zero-order chi connectivity index (χ0) is 15.1. The van der Waals surface area contributed by atoms with Crippen LogP contribution in [0.2, 0.25) is 5.02 Å². The van der Waals surface area contributed by atoms with Crippen molar-refractivity contribution in [2.45, 2.75) is 17.7 Å². The number of nitrogens with two attached hydrogens (primary N) is 1. The highest BCUT2D eigenvalue weighted by molar-refractivity contribution is 7.89. The number of hydrogen-bond donors (Lipinski definition) is 1. The largest absolute Gasteiger partial charge is 0.462 e. The van der Waals surface area contributed by atoms with Crippen molar-refractivity contribution in [1.82, 2.24) is 0 Å². The summed E-state index contributed by atoms with van der Waals surface area (Å²) in [5.74, 6) is -4.04. The van der Waals surface area contributed by atoms with E-state index in [-0.39, 0.29) is 12.5 Å². The second-order valence-corrected chi connectivity index (χ2v) is 6.33. The van der Waals surface area contributed by atoms with Crippen LogP contribution in [0.4, 0.5) is 8.78 Å². The first-order valence-electron chi connectivity index (χ1n) is 5.59. The number of benzene rings is 1. The number of hydrogen-bond acceptors (Lipinski definition) is 4. The fraction of sp³-hybridized carbons (Fsp3) is 0.364. The lowest BCUT2D eigenvalue weighted by Gasteiger charge is -2.10. The molecule has 0 heterocycles. The highest BCUT2D eigenvalue weighted by Crippen LogP contribution is 2.32. The van der Waals surface area contributed by atoms with Crippen molar-refractivity contribution in [3.63, 3.8) is 0 Å².